The predicted octanol–water partition coefficient (Wildman–Crippen LogP) is 0.0737. The second kappa shape index (κ2) is 3.52. The van der Waals surface area contributed by atoms with Crippen molar-refractivity contribution in [2.24, 2.45) is 5.92 Å². The Hall–Kier alpha value is -0.120. The maximum atomic E-state index is 9.17. The molecule has 0 saturated carbocycles. The lowest BCUT2D eigenvalue weighted by molar-refractivity contribution is 0.0315. The summed E-state index contributed by atoms with van der Waals surface area (Å²) in [5, 5.41) is 21.2. The fraction of sp³-hybridized carbons (Fsp3) is 1.00. The van der Waals surface area contributed by atoms with Crippen LogP contribution < -0.4 is 5.32 Å². The summed E-state index contributed by atoms with van der Waals surface area (Å²) in [6, 6.07) is 0.292. The normalized spacial score (nSPS) is 38.5. The quantitative estimate of drug-likeness (QED) is 0.534. The van der Waals surface area contributed by atoms with E-state index in [0.29, 0.717) is 18.4 Å². The van der Waals surface area contributed by atoms with E-state index in [-0.39, 0.29) is 0 Å². The first-order valence-corrected chi connectivity index (χ1v) is 4.21. The minimum atomic E-state index is -0.709. The molecule has 1 fully saturated rings. The van der Waals surface area contributed by atoms with Gasteiger partial charge in [-0.25, -0.2) is 0 Å². The highest BCUT2D eigenvalue weighted by molar-refractivity contribution is 4.84. The summed E-state index contributed by atoms with van der Waals surface area (Å²) in [6.07, 6.45) is 0.422. The number of rotatable bonds is 2. The van der Waals surface area contributed by atoms with Gasteiger partial charge in [-0.05, 0) is 18.8 Å². The maximum absolute atomic E-state index is 9.17. The molecule has 3 unspecified atom stereocenters. The van der Waals surface area contributed by atoms with Crippen LogP contribution in [0.1, 0.15) is 26.7 Å². The van der Waals surface area contributed by atoms with Crippen LogP contribution in [0.5, 0.6) is 0 Å². The van der Waals surface area contributed by atoms with Crippen molar-refractivity contribution in [3.8, 4) is 0 Å². The molecule has 1 rings (SSSR count). The van der Waals surface area contributed by atoms with E-state index in [0.717, 1.165) is 6.42 Å². The molecule has 0 aromatic carbocycles. The zero-order valence-electron chi connectivity index (χ0n) is 7.12. The van der Waals surface area contributed by atoms with Crippen molar-refractivity contribution in [1.82, 2.24) is 5.32 Å². The first-order chi connectivity index (χ1) is 5.09. The third-order valence-electron chi connectivity index (χ3n) is 2.05. The molecule has 0 bridgehead atoms. The SMILES string of the molecule is CC(C)CC1CC(O)C(O)N1. The van der Waals surface area contributed by atoms with Gasteiger partial charge in [0.1, 0.15) is 6.23 Å². The summed E-state index contributed by atoms with van der Waals surface area (Å²) in [5.74, 6) is 0.616. The molecule has 0 spiro atoms. The van der Waals surface area contributed by atoms with Gasteiger partial charge < -0.3 is 10.2 Å². The Morgan fingerprint density at radius 1 is 1.45 bits per heavy atom. The first-order valence-electron chi connectivity index (χ1n) is 4.21. The Balaban J connectivity index is 2.29. The molecule has 1 heterocycles. The number of aliphatic hydroxyl groups is 2. The molecular weight excluding hydrogens is 142 g/mol. The molecule has 1 aliphatic rings. The van der Waals surface area contributed by atoms with Gasteiger partial charge in [0.05, 0.1) is 6.10 Å². The van der Waals surface area contributed by atoms with Crippen molar-refractivity contribution in [3.63, 3.8) is 0 Å². The van der Waals surface area contributed by atoms with Crippen LogP contribution >= 0.6 is 0 Å². The molecule has 3 N–H and O–H groups in total. The minimum absolute atomic E-state index is 0.292. The van der Waals surface area contributed by atoms with E-state index in [1.165, 1.54) is 0 Å². The Bertz CT molecular complexity index is 115. The van der Waals surface area contributed by atoms with E-state index in [1.807, 2.05) is 0 Å². The summed E-state index contributed by atoms with van der Waals surface area (Å²) in [5.41, 5.74) is 0. The predicted molar refractivity (Wildman–Crippen MR) is 43.0 cm³/mol. The second-order valence-corrected chi connectivity index (χ2v) is 3.74. The minimum Gasteiger partial charge on any atom is -0.389 e. The second-order valence-electron chi connectivity index (χ2n) is 3.74. The molecular formula is C8H17NO2. The molecule has 1 saturated heterocycles. The zero-order valence-corrected chi connectivity index (χ0v) is 7.12. The molecule has 11 heavy (non-hydrogen) atoms. The Morgan fingerprint density at radius 3 is 2.45 bits per heavy atom. The molecule has 0 aromatic heterocycles. The Labute approximate surface area is 67.4 Å². The largest absolute Gasteiger partial charge is 0.389 e. The number of nitrogens with one attached hydrogen (secondary N) is 1. The van der Waals surface area contributed by atoms with E-state index in [1.54, 1.807) is 0 Å². The van der Waals surface area contributed by atoms with Gasteiger partial charge in [-0.3, -0.25) is 5.32 Å². The van der Waals surface area contributed by atoms with Crippen LogP contribution in [0.4, 0.5) is 0 Å². The number of aliphatic hydroxyl groups excluding tert-OH is 2. The molecule has 1 aliphatic heterocycles. The van der Waals surface area contributed by atoms with Gasteiger partial charge >= 0.3 is 0 Å². The number of hydrogen-bond acceptors (Lipinski definition) is 3. The van der Waals surface area contributed by atoms with E-state index < -0.39 is 12.3 Å². The van der Waals surface area contributed by atoms with Crippen LogP contribution in [-0.2, 0) is 0 Å². The van der Waals surface area contributed by atoms with Gasteiger partial charge in [0.2, 0.25) is 0 Å². The fourth-order valence-electron chi connectivity index (χ4n) is 1.57. The van der Waals surface area contributed by atoms with Crippen LogP contribution in [0.3, 0.4) is 0 Å². The molecule has 66 valence electrons. The van der Waals surface area contributed by atoms with Crippen LogP contribution in [0, 0.1) is 5.92 Å². The third kappa shape index (κ3) is 2.43. The van der Waals surface area contributed by atoms with Crippen LogP contribution in [0.15, 0.2) is 0 Å². The molecule has 0 aromatic rings. The van der Waals surface area contributed by atoms with Crippen LogP contribution in [0.25, 0.3) is 0 Å². The fourth-order valence-corrected chi connectivity index (χ4v) is 1.57. The standard InChI is InChI=1S/C8H17NO2/c1-5(2)3-6-4-7(10)8(11)9-6/h5-11H,3-4H2,1-2H3. The van der Waals surface area contributed by atoms with Crippen molar-refractivity contribution in [3.05, 3.63) is 0 Å². The lowest BCUT2D eigenvalue weighted by Gasteiger charge is -2.12. The van der Waals surface area contributed by atoms with Crippen molar-refractivity contribution in [2.45, 2.75) is 45.1 Å². The maximum Gasteiger partial charge on any atom is 0.131 e. The molecule has 0 amide bonds. The van der Waals surface area contributed by atoms with Gasteiger partial charge in [0.25, 0.3) is 0 Å². The van der Waals surface area contributed by atoms with Gasteiger partial charge in [-0.1, -0.05) is 13.8 Å². The summed E-state index contributed by atoms with van der Waals surface area (Å²) in [6.45, 7) is 4.28. The van der Waals surface area contributed by atoms with Crippen LogP contribution in [-0.4, -0.2) is 28.6 Å². The first kappa shape index (κ1) is 8.97. The Kier molecular flexibility index (Phi) is 2.87. The summed E-state index contributed by atoms with van der Waals surface area (Å²) >= 11 is 0. The van der Waals surface area contributed by atoms with E-state index >= 15 is 0 Å². The van der Waals surface area contributed by atoms with Crippen molar-refractivity contribution >= 4 is 0 Å². The summed E-state index contributed by atoms with van der Waals surface area (Å²) in [4.78, 5) is 0. The van der Waals surface area contributed by atoms with Crippen LogP contribution in [0.2, 0.25) is 0 Å². The molecule has 3 heteroatoms. The van der Waals surface area contributed by atoms with E-state index in [9.17, 15) is 0 Å². The molecule has 3 nitrogen and oxygen atoms in total. The molecule has 3 atom stereocenters. The van der Waals surface area contributed by atoms with Gasteiger partial charge in [-0.2, -0.15) is 0 Å². The van der Waals surface area contributed by atoms with Gasteiger partial charge in [0.15, 0.2) is 0 Å². The average molecular weight is 159 g/mol. The molecule has 0 aliphatic carbocycles. The van der Waals surface area contributed by atoms with Gasteiger partial charge in [-0.15, -0.1) is 0 Å². The highest BCUT2D eigenvalue weighted by atomic mass is 16.3. The van der Waals surface area contributed by atoms with E-state index in [4.69, 9.17) is 10.2 Å². The summed E-state index contributed by atoms with van der Waals surface area (Å²) < 4.78 is 0. The summed E-state index contributed by atoms with van der Waals surface area (Å²) in [7, 11) is 0. The van der Waals surface area contributed by atoms with Crippen molar-refractivity contribution in [1.29, 1.82) is 0 Å². The third-order valence-corrected chi connectivity index (χ3v) is 2.05. The average Bonchev–Trinajstić information content (AvgIpc) is 2.10. The number of hydrogen-bond donors (Lipinski definition) is 3. The topological polar surface area (TPSA) is 52.5 Å². The van der Waals surface area contributed by atoms with Gasteiger partial charge in [0, 0.05) is 6.04 Å². The zero-order chi connectivity index (χ0) is 8.43. The highest BCUT2D eigenvalue weighted by Gasteiger charge is 2.30. The monoisotopic (exact) mass is 159 g/mol. The lowest BCUT2D eigenvalue weighted by atomic mass is 10.0. The van der Waals surface area contributed by atoms with Crippen molar-refractivity contribution < 1.29 is 10.2 Å². The highest BCUT2D eigenvalue weighted by Crippen LogP contribution is 2.17. The Morgan fingerprint density at radius 2 is 2.09 bits per heavy atom. The smallest absolute Gasteiger partial charge is 0.131 e. The lowest BCUT2D eigenvalue weighted by Crippen LogP contribution is -2.33. The van der Waals surface area contributed by atoms with Crippen molar-refractivity contribution in [2.75, 3.05) is 0 Å². The van der Waals surface area contributed by atoms with E-state index in [2.05, 4.69) is 19.2 Å². The molecule has 0 radical (unpaired) electrons.